The molecule has 0 spiro atoms. The van der Waals surface area contributed by atoms with Crippen LogP contribution in [-0.2, 0) is 0 Å². The Bertz CT molecular complexity index is 1420. The highest BCUT2D eigenvalue weighted by Crippen LogP contribution is 2.48. The molecule has 196 valence electrons. The van der Waals surface area contributed by atoms with Gasteiger partial charge in [-0.25, -0.2) is 13.8 Å². The van der Waals surface area contributed by atoms with Crippen LogP contribution in [0.25, 0.3) is 0 Å². The summed E-state index contributed by atoms with van der Waals surface area (Å²) in [4.78, 5) is 4.62. The molecule has 0 heterocycles. The fourth-order valence-electron chi connectivity index (χ4n) is 4.73. The summed E-state index contributed by atoms with van der Waals surface area (Å²) >= 11 is 0. The number of nitrogens with one attached hydrogen (secondary N) is 2. The van der Waals surface area contributed by atoms with Gasteiger partial charge in [-0.15, -0.1) is 0 Å². The minimum absolute atomic E-state index is 0.131. The SMILES string of the molecule is N=C(/N=C(\NCC1=C(P(c2ccccc2)c2ccccc2)CCC=C1)c1ccc(F)cc1)C1C=CC(F)=CC1. The Morgan fingerprint density at radius 1 is 0.897 bits per heavy atom. The lowest BCUT2D eigenvalue weighted by atomic mass is 9.99. The van der Waals surface area contributed by atoms with Gasteiger partial charge < -0.3 is 5.32 Å². The van der Waals surface area contributed by atoms with Crippen molar-refractivity contribution in [2.45, 2.75) is 19.3 Å². The van der Waals surface area contributed by atoms with Gasteiger partial charge >= 0.3 is 0 Å². The molecule has 2 N–H and O–H groups in total. The maximum Gasteiger partial charge on any atom is 0.135 e. The maximum absolute atomic E-state index is 13.7. The number of hydrogen-bond donors (Lipinski definition) is 2. The molecule has 0 aliphatic heterocycles. The molecule has 1 unspecified atom stereocenters. The van der Waals surface area contributed by atoms with Crippen LogP contribution in [0.3, 0.4) is 0 Å². The Morgan fingerprint density at radius 2 is 1.56 bits per heavy atom. The van der Waals surface area contributed by atoms with E-state index in [9.17, 15) is 8.78 Å². The minimum Gasteiger partial charge on any atom is -0.365 e. The topological polar surface area (TPSA) is 48.2 Å². The van der Waals surface area contributed by atoms with E-state index < -0.39 is 7.92 Å². The predicted molar refractivity (Wildman–Crippen MR) is 160 cm³/mol. The molecule has 0 radical (unpaired) electrons. The smallest absolute Gasteiger partial charge is 0.135 e. The van der Waals surface area contributed by atoms with Gasteiger partial charge in [0.1, 0.15) is 23.3 Å². The predicted octanol–water partition coefficient (Wildman–Crippen LogP) is 7.31. The average molecular weight is 538 g/mol. The summed E-state index contributed by atoms with van der Waals surface area (Å²) in [6.45, 7) is 0.517. The number of allylic oxidation sites excluding steroid dienone is 5. The first kappa shape index (κ1) is 26.6. The Kier molecular flexibility index (Phi) is 8.70. The zero-order valence-corrected chi connectivity index (χ0v) is 22.4. The first-order valence-electron chi connectivity index (χ1n) is 13.1. The van der Waals surface area contributed by atoms with Gasteiger partial charge in [0.15, 0.2) is 0 Å². The molecule has 0 saturated carbocycles. The Morgan fingerprint density at radius 3 is 2.18 bits per heavy atom. The normalized spacial score (nSPS) is 17.4. The molecule has 0 aromatic heterocycles. The number of rotatable bonds is 7. The van der Waals surface area contributed by atoms with Crippen molar-refractivity contribution in [2.75, 3.05) is 6.54 Å². The van der Waals surface area contributed by atoms with E-state index in [1.165, 1.54) is 45.8 Å². The zero-order valence-electron chi connectivity index (χ0n) is 21.5. The summed E-state index contributed by atoms with van der Waals surface area (Å²) in [7, 11) is -0.723. The van der Waals surface area contributed by atoms with E-state index in [2.05, 4.69) is 71.0 Å². The Hall–Kier alpha value is -3.95. The van der Waals surface area contributed by atoms with Crippen molar-refractivity contribution in [3.8, 4) is 0 Å². The highest BCUT2D eigenvalue weighted by Gasteiger charge is 2.23. The standard InChI is InChI=1S/C33H30F2N3P/c34-27-19-15-24(16-20-27)32(36)38-33(25-17-21-28(35)22-18-25)37-23-26-9-7-8-14-31(26)39(29-10-3-1-4-11-29)30-12-5-2-6-13-30/h1-7,9-13,15,17-22,24H,8,14,16,23H2,(H2,36,37,38). The second kappa shape index (κ2) is 12.7. The highest BCUT2D eigenvalue weighted by molar-refractivity contribution is 7.76. The number of benzene rings is 3. The van der Waals surface area contributed by atoms with Crippen LogP contribution in [0.15, 0.2) is 137 Å². The average Bonchev–Trinajstić information content (AvgIpc) is 2.98. The van der Waals surface area contributed by atoms with Crippen LogP contribution in [-0.4, -0.2) is 18.2 Å². The summed E-state index contributed by atoms with van der Waals surface area (Å²) in [5.74, 6) is -0.309. The fraction of sp³-hybridized carbons (Fsp3) is 0.152. The largest absolute Gasteiger partial charge is 0.365 e. The van der Waals surface area contributed by atoms with Gasteiger partial charge in [-0.05, 0) is 85.1 Å². The molecular weight excluding hydrogens is 507 g/mol. The third-order valence-electron chi connectivity index (χ3n) is 6.74. The monoisotopic (exact) mass is 537 g/mol. The number of nitrogens with zero attached hydrogens (tertiary/aromatic N) is 1. The van der Waals surface area contributed by atoms with Gasteiger partial charge in [0, 0.05) is 18.0 Å². The van der Waals surface area contributed by atoms with Gasteiger partial charge in [0.05, 0.1) is 0 Å². The van der Waals surface area contributed by atoms with Crippen molar-refractivity contribution in [3.05, 3.63) is 143 Å². The fourth-order valence-corrected chi connectivity index (χ4v) is 7.38. The lowest BCUT2D eigenvalue weighted by molar-refractivity contribution is 0.627. The van der Waals surface area contributed by atoms with Gasteiger partial charge in [0.25, 0.3) is 0 Å². The van der Waals surface area contributed by atoms with Gasteiger partial charge in [-0.1, -0.05) is 78.9 Å². The van der Waals surface area contributed by atoms with E-state index in [1.807, 2.05) is 12.1 Å². The van der Waals surface area contributed by atoms with Crippen LogP contribution in [0.5, 0.6) is 0 Å². The molecule has 3 nitrogen and oxygen atoms in total. The third kappa shape index (κ3) is 6.74. The second-order valence-corrected chi connectivity index (χ2v) is 11.7. The van der Waals surface area contributed by atoms with Crippen molar-refractivity contribution in [1.82, 2.24) is 5.32 Å². The molecule has 0 fully saturated rings. The molecule has 2 aliphatic rings. The van der Waals surface area contributed by atoms with Crippen LogP contribution in [0.2, 0.25) is 0 Å². The van der Waals surface area contributed by atoms with E-state index in [0.29, 0.717) is 24.4 Å². The summed E-state index contributed by atoms with van der Waals surface area (Å²) in [5.41, 5.74) is 1.89. The number of aliphatic imine (C=N–C) groups is 1. The summed E-state index contributed by atoms with van der Waals surface area (Å²) in [6.07, 6.45) is 11.2. The maximum atomic E-state index is 13.7. The Labute approximate surface area is 229 Å². The number of amidine groups is 2. The lowest BCUT2D eigenvalue weighted by Crippen LogP contribution is -2.29. The molecule has 3 aromatic carbocycles. The first-order chi connectivity index (χ1) is 19.1. The van der Waals surface area contributed by atoms with Crippen molar-refractivity contribution < 1.29 is 8.78 Å². The van der Waals surface area contributed by atoms with Crippen LogP contribution < -0.4 is 15.9 Å². The zero-order chi connectivity index (χ0) is 27.0. The van der Waals surface area contributed by atoms with Crippen LogP contribution in [0.1, 0.15) is 24.8 Å². The molecule has 39 heavy (non-hydrogen) atoms. The highest BCUT2D eigenvalue weighted by atomic mass is 31.1. The molecule has 0 amide bonds. The molecule has 5 rings (SSSR count). The lowest BCUT2D eigenvalue weighted by Gasteiger charge is -2.27. The molecule has 0 saturated heterocycles. The molecule has 1 atom stereocenters. The van der Waals surface area contributed by atoms with E-state index in [-0.39, 0.29) is 23.4 Å². The summed E-state index contributed by atoms with van der Waals surface area (Å²) in [6, 6.07) is 27.4. The van der Waals surface area contributed by atoms with Crippen molar-refractivity contribution >= 4 is 30.2 Å². The quantitative estimate of drug-likeness (QED) is 0.185. The van der Waals surface area contributed by atoms with Gasteiger partial charge in [0.2, 0.25) is 0 Å². The van der Waals surface area contributed by atoms with Crippen LogP contribution >= 0.6 is 7.92 Å². The van der Waals surface area contributed by atoms with Crippen molar-refractivity contribution in [2.24, 2.45) is 10.9 Å². The van der Waals surface area contributed by atoms with Crippen LogP contribution in [0, 0.1) is 17.1 Å². The van der Waals surface area contributed by atoms with Gasteiger partial charge in [-0.3, -0.25) is 5.41 Å². The molecule has 3 aromatic rings. The van der Waals surface area contributed by atoms with Crippen molar-refractivity contribution in [1.29, 1.82) is 5.41 Å². The molecule has 2 aliphatic carbocycles. The van der Waals surface area contributed by atoms with E-state index in [1.54, 1.807) is 18.2 Å². The summed E-state index contributed by atoms with van der Waals surface area (Å²) < 4.78 is 27.2. The number of hydrogen-bond acceptors (Lipinski definition) is 1. The summed E-state index contributed by atoms with van der Waals surface area (Å²) in [5, 5.41) is 16.1. The van der Waals surface area contributed by atoms with Gasteiger partial charge in [-0.2, -0.15) is 0 Å². The first-order valence-corrected chi connectivity index (χ1v) is 14.4. The van der Waals surface area contributed by atoms with E-state index in [0.717, 1.165) is 12.8 Å². The molecule has 6 heteroatoms. The third-order valence-corrected chi connectivity index (χ3v) is 9.42. The molecular formula is C33H30F2N3P. The van der Waals surface area contributed by atoms with E-state index in [4.69, 9.17) is 5.41 Å². The molecule has 0 bridgehead atoms. The Balaban J connectivity index is 1.48. The second-order valence-electron chi connectivity index (χ2n) is 9.42. The van der Waals surface area contributed by atoms with Crippen LogP contribution in [0.4, 0.5) is 8.78 Å². The minimum atomic E-state index is -0.723. The van der Waals surface area contributed by atoms with E-state index >= 15 is 0 Å². The number of halogens is 2. The van der Waals surface area contributed by atoms with Crippen molar-refractivity contribution in [3.63, 3.8) is 0 Å².